The fraction of sp³-hybridized carbons (Fsp3) is 0.0909. The van der Waals surface area contributed by atoms with E-state index in [0.717, 1.165) is 5.69 Å². The van der Waals surface area contributed by atoms with Crippen LogP contribution in [0.1, 0.15) is 16.1 Å². The predicted molar refractivity (Wildman–Crippen MR) is 55.2 cm³/mol. The Balaban J connectivity index is 2.45. The lowest BCUT2D eigenvalue weighted by atomic mass is 10.2. The van der Waals surface area contributed by atoms with Gasteiger partial charge in [0.15, 0.2) is 0 Å². The minimum atomic E-state index is -1.27. The van der Waals surface area contributed by atoms with E-state index in [2.05, 4.69) is 4.98 Å². The van der Waals surface area contributed by atoms with Gasteiger partial charge in [0.25, 0.3) is 0 Å². The molecule has 1 heterocycles. The molecule has 0 radical (unpaired) electrons. The molecular formula is C11H9FN2O2. The Bertz CT molecular complexity index is 549. The van der Waals surface area contributed by atoms with E-state index in [4.69, 9.17) is 5.11 Å². The van der Waals surface area contributed by atoms with Crippen molar-refractivity contribution in [2.75, 3.05) is 0 Å². The van der Waals surface area contributed by atoms with Crippen LogP contribution >= 0.6 is 0 Å². The molecule has 0 aliphatic rings. The zero-order chi connectivity index (χ0) is 11.7. The third-order valence-electron chi connectivity index (χ3n) is 2.19. The summed E-state index contributed by atoms with van der Waals surface area (Å²) in [7, 11) is 0. The number of benzene rings is 1. The lowest BCUT2D eigenvalue weighted by molar-refractivity contribution is 0.0692. The molecule has 2 rings (SSSR count). The second-order valence-corrected chi connectivity index (χ2v) is 3.39. The number of carboxylic acid groups (broad SMARTS) is 1. The Morgan fingerprint density at radius 3 is 2.75 bits per heavy atom. The Kier molecular flexibility index (Phi) is 2.44. The largest absolute Gasteiger partial charge is 0.478 e. The number of carbonyl (C=O) groups is 1. The number of aryl methyl sites for hydroxylation is 1. The van der Waals surface area contributed by atoms with Gasteiger partial charge in [-0.1, -0.05) is 0 Å². The molecule has 0 fully saturated rings. The molecule has 0 aliphatic heterocycles. The highest BCUT2D eigenvalue weighted by atomic mass is 19.1. The standard InChI is InChI=1S/C11H9FN2O2/c1-7-5-14(6-13-7)8-2-3-9(11(15)16)10(12)4-8/h2-6H,1H3,(H,15,16). The van der Waals surface area contributed by atoms with Crippen molar-refractivity contribution in [1.82, 2.24) is 9.55 Å². The van der Waals surface area contributed by atoms with Crippen molar-refractivity contribution in [2.24, 2.45) is 0 Å². The number of aromatic nitrogens is 2. The third kappa shape index (κ3) is 1.79. The summed E-state index contributed by atoms with van der Waals surface area (Å²) in [5.41, 5.74) is 1.02. The Morgan fingerprint density at radius 2 is 2.25 bits per heavy atom. The minimum absolute atomic E-state index is 0.333. The zero-order valence-corrected chi connectivity index (χ0v) is 8.51. The molecule has 4 nitrogen and oxygen atoms in total. The fourth-order valence-corrected chi connectivity index (χ4v) is 1.40. The Hall–Kier alpha value is -2.17. The van der Waals surface area contributed by atoms with Gasteiger partial charge in [-0.25, -0.2) is 14.2 Å². The van der Waals surface area contributed by atoms with Crippen LogP contribution in [0, 0.1) is 12.7 Å². The van der Waals surface area contributed by atoms with Crippen molar-refractivity contribution in [2.45, 2.75) is 6.92 Å². The van der Waals surface area contributed by atoms with E-state index in [1.54, 1.807) is 17.1 Å². The molecule has 0 saturated heterocycles. The molecule has 1 N–H and O–H groups in total. The van der Waals surface area contributed by atoms with E-state index in [1.807, 2.05) is 6.92 Å². The third-order valence-corrected chi connectivity index (χ3v) is 2.19. The smallest absolute Gasteiger partial charge is 0.338 e. The second kappa shape index (κ2) is 3.77. The minimum Gasteiger partial charge on any atom is -0.478 e. The summed E-state index contributed by atoms with van der Waals surface area (Å²) in [5.74, 6) is -2.03. The zero-order valence-electron chi connectivity index (χ0n) is 8.51. The maximum Gasteiger partial charge on any atom is 0.338 e. The molecule has 0 unspecified atom stereocenters. The molecular weight excluding hydrogens is 211 g/mol. The molecule has 2 aromatic rings. The van der Waals surface area contributed by atoms with Gasteiger partial charge in [-0.15, -0.1) is 0 Å². The molecule has 5 heteroatoms. The van der Waals surface area contributed by atoms with Crippen molar-refractivity contribution < 1.29 is 14.3 Å². The number of imidazole rings is 1. The van der Waals surface area contributed by atoms with Crippen molar-refractivity contribution in [3.8, 4) is 5.69 Å². The lowest BCUT2D eigenvalue weighted by Crippen LogP contribution is -2.01. The SMILES string of the molecule is Cc1cn(-c2ccc(C(=O)O)c(F)c2)cn1. The van der Waals surface area contributed by atoms with Gasteiger partial charge >= 0.3 is 5.97 Å². The highest BCUT2D eigenvalue weighted by Crippen LogP contribution is 2.14. The maximum atomic E-state index is 13.4. The molecule has 1 aromatic heterocycles. The highest BCUT2D eigenvalue weighted by Gasteiger charge is 2.10. The summed E-state index contributed by atoms with van der Waals surface area (Å²) in [6.07, 6.45) is 3.28. The van der Waals surface area contributed by atoms with E-state index < -0.39 is 11.8 Å². The van der Waals surface area contributed by atoms with Crippen LogP contribution in [0.4, 0.5) is 4.39 Å². The average molecular weight is 220 g/mol. The molecule has 0 bridgehead atoms. The number of rotatable bonds is 2. The molecule has 0 aliphatic carbocycles. The molecule has 82 valence electrons. The summed E-state index contributed by atoms with van der Waals surface area (Å²) < 4.78 is 15.0. The molecule has 0 saturated carbocycles. The van der Waals surface area contributed by atoms with Gasteiger partial charge in [0, 0.05) is 11.9 Å². The fourth-order valence-electron chi connectivity index (χ4n) is 1.40. The van der Waals surface area contributed by atoms with E-state index in [-0.39, 0.29) is 5.56 Å². The van der Waals surface area contributed by atoms with Crippen LogP contribution in [0.3, 0.4) is 0 Å². The van der Waals surface area contributed by atoms with Gasteiger partial charge in [-0.3, -0.25) is 0 Å². The van der Waals surface area contributed by atoms with Crippen molar-refractivity contribution in [1.29, 1.82) is 0 Å². The molecule has 1 aromatic carbocycles. The average Bonchev–Trinajstić information content (AvgIpc) is 2.64. The van der Waals surface area contributed by atoms with Gasteiger partial charge in [0.1, 0.15) is 5.82 Å². The molecule has 0 atom stereocenters. The number of hydrogen-bond donors (Lipinski definition) is 1. The van der Waals surface area contributed by atoms with Gasteiger partial charge in [0.2, 0.25) is 0 Å². The summed E-state index contributed by atoms with van der Waals surface area (Å²) in [4.78, 5) is 14.6. The normalized spacial score (nSPS) is 10.4. The number of carboxylic acids is 1. The van der Waals surface area contributed by atoms with Crippen molar-refractivity contribution >= 4 is 5.97 Å². The number of nitrogens with zero attached hydrogens (tertiary/aromatic N) is 2. The number of aromatic carboxylic acids is 1. The van der Waals surface area contributed by atoms with Crippen LogP contribution in [0.25, 0.3) is 5.69 Å². The Labute approximate surface area is 91.0 Å². The van der Waals surface area contributed by atoms with E-state index in [1.165, 1.54) is 18.2 Å². The summed E-state index contributed by atoms with van der Waals surface area (Å²) >= 11 is 0. The van der Waals surface area contributed by atoms with Gasteiger partial charge in [-0.2, -0.15) is 0 Å². The van der Waals surface area contributed by atoms with Crippen LogP contribution < -0.4 is 0 Å². The monoisotopic (exact) mass is 220 g/mol. The van der Waals surface area contributed by atoms with Crippen LogP contribution in [-0.2, 0) is 0 Å². The lowest BCUT2D eigenvalue weighted by Gasteiger charge is -2.03. The Morgan fingerprint density at radius 1 is 1.50 bits per heavy atom. The molecule has 16 heavy (non-hydrogen) atoms. The van der Waals surface area contributed by atoms with E-state index >= 15 is 0 Å². The first-order valence-electron chi connectivity index (χ1n) is 4.62. The summed E-state index contributed by atoms with van der Waals surface area (Å²) in [5, 5.41) is 8.67. The van der Waals surface area contributed by atoms with Crippen molar-refractivity contribution in [3.63, 3.8) is 0 Å². The quantitative estimate of drug-likeness (QED) is 0.842. The molecule has 0 amide bonds. The number of hydrogen-bond acceptors (Lipinski definition) is 2. The first-order chi connectivity index (χ1) is 7.58. The van der Waals surface area contributed by atoms with Gasteiger partial charge < -0.3 is 9.67 Å². The topological polar surface area (TPSA) is 55.1 Å². The van der Waals surface area contributed by atoms with Crippen LogP contribution in [0.5, 0.6) is 0 Å². The van der Waals surface area contributed by atoms with Gasteiger partial charge in [-0.05, 0) is 25.1 Å². The van der Waals surface area contributed by atoms with Crippen LogP contribution in [-0.4, -0.2) is 20.6 Å². The first kappa shape index (κ1) is 10.4. The molecule has 0 spiro atoms. The van der Waals surface area contributed by atoms with E-state index in [9.17, 15) is 9.18 Å². The van der Waals surface area contributed by atoms with Crippen LogP contribution in [0.15, 0.2) is 30.7 Å². The number of halogens is 1. The maximum absolute atomic E-state index is 13.4. The highest BCUT2D eigenvalue weighted by molar-refractivity contribution is 5.88. The first-order valence-corrected chi connectivity index (χ1v) is 4.62. The second-order valence-electron chi connectivity index (χ2n) is 3.39. The summed E-state index contributed by atoms with van der Waals surface area (Å²) in [6, 6.07) is 3.94. The van der Waals surface area contributed by atoms with Crippen molar-refractivity contribution in [3.05, 3.63) is 47.8 Å². The van der Waals surface area contributed by atoms with Crippen LogP contribution in [0.2, 0.25) is 0 Å². The van der Waals surface area contributed by atoms with E-state index in [0.29, 0.717) is 5.69 Å². The van der Waals surface area contributed by atoms with Gasteiger partial charge in [0.05, 0.1) is 17.6 Å². The summed E-state index contributed by atoms with van der Waals surface area (Å²) in [6.45, 7) is 1.82. The predicted octanol–water partition coefficient (Wildman–Crippen LogP) is 2.02.